The number of carbonyl (C=O) groups excluding carboxylic acids is 1. The molecule has 0 saturated heterocycles. The zero-order valence-corrected chi connectivity index (χ0v) is 17.4. The van der Waals surface area contributed by atoms with Crippen molar-refractivity contribution in [3.05, 3.63) is 65.7 Å². The predicted octanol–water partition coefficient (Wildman–Crippen LogP) is 3.11. The first kappa shape index (κ1) is 22.1. The standard InChI is InChI=1S/C21H28N2O4S/c1-4-23(5-2)28(25,26)20-13-11-19(12-14-20)17(3)22-21(24)16-27-15-18-9-7-6-8-10-18/h6-14,17H,4-5,15-16H2,1-3H3,(H,22,24). The largest absolute Gasteiger partial charge is 0.367 e. The number of carbonyl (C=O) groups is 1. The summed E-state index contributed by atoms with van der Waals surface area (Å²) in [6.45, 7) is 6.67. The third-order valence-electron chi connectivity index (χ3n) is 4.45. The average Bonchev–Trinajstić information content (AvgIpc) is 2.69. The Morgan fingerprint density at radius 1 is 1.04 bits per heavy atom. The summed E-state index contributed by atoms with van der Waals surface area (Å²) >= 11 is 0. The van der Waals surface area contributed by atoms with E-state index in [2.05, 4.69) is 5.32 Å². The minimum atomic E-state index is -3.48. The van der Waals surface area contributed by atoms with Gasteiger partial charge in [0.05, 0.1) is 17.5 Å². The second-order valence-corrected chi connectivity index (χ2v) is 8.36. The molecule has 152 valence electrons. The maximum Gasteiger partial charge on any atom is 0.246 e. The van der Waals surface area contributed by atoms with E-state index in [1.807, 2.05) is 51.1 Å². The van der Waals surface area contributed by atoms with Gasteiger partial charge in [0.25, 0.3) is 0 Å². The Balaban J connectivity index is 1.90. The smallest absolute Gasteiger partial charge is 0.246 e. The van der Waals surface area contributed by atoms with Crippen molar-refractivity contribution < 1.29 is 17.9 Å². The first-order chi connectivity index (χ1) is 13.4. The summed E-state index contributed by atoms with van der Waals surface area (Å²) in [6.07, 6.45) is 0. The van der Waals surface area contributed by atoms with E-state index in [0.717, 1.165) is 11.1 Å². The molecule has 28 heavy (non-hydrogen) atoms. The molecule has 1 N–H and O–H groups in total. The SMILES string of the molecule is CCN(CC)S(=O)(=O)c1ccc(C(C)NC(=O)COCc2ccccc2)cc1. The van der Waals surface area contributed by atoms with Crippen molar-refractivity contribution in [2.75, 3.05) is 19.7 Å². The summed E-state index contributed by atoms with van der Waals surface area (Å²) in [5.41, 5.74) is 1.84. The van der Waals surface area contributed by atoms with Crippen LogP contribution in [0.25, 0.3) is 0 Å². The van der Waals surface area contributed by atoms with Crippen molar-refractivity contribution in [2.45, 2.75) is 38.3 Å². The van der Waals surface area contributed by atoms with Crippen LogP contribution in [0.4, 0.5) is 0 Å². The van der Waals surface area contributed by atoms with Gasteiger partial charge in [0, 0.05) is 13.1 Å². The Kier molecular flexibility index (Phi) is 8.17. The molecule has 2 aromatic carbocycles. The lowest BCUT2D eigenvalue weighted by molar-refractivity contribution is -0.126. The van der Waals surface area contributed by atoms with Crippen LogP contribution in [0.1, 0.15) is 37.9 Å². The number of hydrogen-bond acceptors (Lipinski definition) is 4. The van der Waals surface area contributed by atoms with E-state index in [0.29, 0.717) is 19.7 Å². The fraction of sp³-hybridized carbons (Fsp3) is 0.381. The number of rotatable bonds is 10. The second-order valence-electron chi connectivity index (χ2n) is 6.43. The quantitative estimate of drug-likeness (QED) is 0.660. The van der Waals surface area contributed by atoms with E-state index < -0.39 is 10.0 Å². The minimum absolute atomic E-state index is 0.0341. The van der Waals surface area contributed by atoms with E-state index in [-0.39, 0.29) is 23.5 Å². The van der Waals surface area contributed by atoms with Crippen LogP contribution in [0.2, 0.25) is 0 Å². The molecular weight excluding hydrogens is 376 g/mol. The number of nitrogens with one attached hydrogen (secondary N) is 1. The highest BCUT2D eigenvalue weighted by atomic mass is 32.2. The molecule has 0 bridgehead atoms. The van der Waals surface area contributed by atoms with Crippen LogP contribution in [0, 0.1) is 0 Å². The van der Waals surface area contributed by atoms with Gasteiger partial charge in [-0.05, 0) is 30.2 Å². The molecule has 0 heterocycles. The van der Waals surface area contributed by atoms with Gasteiger partial charge in [-0.25, -0.2) is 8.42 Å². The molecule has 1 unspecified atom stereocenters. The Hall–Kier alpha value is -2.22. The molecule has 0 radical (unpaired) electrons. The van der Waals surface area contributed by atoms with E-state index in [9.17, 15) is 13.2 Å². The lowest BCUT2D eigenvalue weighted by atomic mass is 10.1. The highest BCUT2D eigenvalue weighted by Crippen LogP contribution is 2.19. The van der Waals surface area contributed by atoms with Gasteiger partial charge in [-0.2, -0.15) is 4.31 Å². The van der Waals surface area contributed by atoms with E-state index in [1.54, 1.807) is 24.3 Å². The van der Waals surface area contributed by atoms with Crippen LogP contribution < -0.4 is 5.32 Å². The first-order valence-corrected chi connectivity index (χ1v) is 10.8. The van der Waals surface area contributed by atoms with Crippen LogP contribution >= 0.6 is 0 Å². The van der Waals surface area contributed by atoms with Crippen LogP contribution in [0.3, 0.4) is 0 Å². The third kappa shape index (κ3) is 5.89. The lowest BCUT2D eigenvalue weighted by Crippen LogP contribution is -2.31. The molecule has 0 spiro atoms. The second kappa shape index (κ2) is 10.4. The molecule has 0 fully saturated rings. The lowest BCUT2D eigenvalue weighted by Gasteiger charge is -2.19. The van der Waals surface area contributed by atoms with E-state index >= 15 is 0 Å². The summed E-state index contributed by atoms with van der Waals surface area (Å²) in [5.74, 6) is -0.219. The van der Waals surface area contributed by atoms with Gasteiger partial charge in [-0.15, -0.1) is 0 Å². The topological polar surface area (TPSA) is 75.7 Å². The van der Waals surface area contributed by atoms with Crippen molar-refractivity contribution in [1.82, 2.24) is 9.62 Å². The summed E-state index contributed by atoms with van der Waals surface area (Å²) in [4.78, 5) is 12.3. The van der Waals surface area contributed by atoms with Gasteiger partial charge in [-0.1, -0.05) is 56.3 Å². The number of nitrogens with zero attached hydrogens (tertiary/aromatic N) is 1. The number of amides is 1. The van der Waals surface area contributed by atoms with Crippen molar-refractivity contribution >= 4 is 15.9 Å². The Morgan fingerprint density at radius 2 is 1.64 bits per heavy atom. The number of sulfonamides is 1. The van der Waals surface area contributed by atoms with Crippen molar-refractivity contribution in [2.24, 2.45) is 0 Å². The minimum Gasteiger partial charge on any atom is -0.367 e. The Bertz CT molecular complexity index is 848. The van der Waals surface area contributed by atoms with Crippen molar-refractivity contribution in [1.29, 1.82) is 0 Å². The van der Waals surface area contributed by atoms with Crippen molar-refractivity contribution in [3.63, 3.8) is 0 Å². The zero-order chi connectivity index (χ0) is 20.6. The highest BCUT2D eigenvalue weighted by molar-refractivity contribution is 7.89. The van der Waals surface area contributed by atoms with Gasteiger partial charge >= 0.3 is 0 Å². The van der Waals surface area contributed by atoms with Crippen LogP contribution in [-0.4, -0.2) is 38.3 Å². The molecule has 1 atom stereocenters. The number of hydrogen-bond donors (Lipinski definition) is 1. The molecule has 0 aliphatic heterocycles. The normalized spacial score (nSPS) is 12.7. The monoisotopic (exact) mass is 404 g/mol. The molecule has 0 aromatic heterocycles. The third-order valence-corrected chi connectivity index (χ3v) is 6.51. The maximum atomic E-state index is 12.5. The van der Waals surface area contributed by atoms with E-state index in [4.69, 9.17) is 4.74 Å². The first-order valence-electron chi connectivity index (χ1n) is 9.39. The van der Waals surface area contributed by atoms with Crippen molar-refractivity contribution in [3.8, 4) is 0 Å². The fourth-order valence-electron chi connectivity index (χ4n) is 2.84. The van der Waals surface area contributed by atoms with Gasteiger partial charge in [0.1, 0.15) is 6.61 Å². The molecule has 1 amide bonds. The molecule has 0 saturated carbocycles. The molecule has 0 aliphatic rings. The van der Waals surface area contributed by atoms with Crippen LogP contribution in [0.5, 0.6) is 0 Å². The molecule has 2 rings (SSSR count). The van der Waals surface area contributed by atoms with E-state index in [1.165, 1.54) is 4.31 Å². The van der Waals surface area contributed by atoms with Gasteiger partial charge in [-0.3, -0.25) is 4.79 Å². The maximum absolute atomic E-state index is 12.5. The van der Waals surface area contributed by atoms with Crippen LogP contribution in [0.15, 0.2) is 59.5 Å². The summed E-state index contributed by atoms with van der Waals surface area (Å²) < 4.78 is 31.9. The van der Waals surface area contributed by atoms with Crippen LogP contribution in [-0.2, 0) is 26.2 Å². The Morgan fingerprint density at radius 3 is 2.21 bits per heavy atom. The summed E-state index contributed by atoms with van der Waals surface area (Å²) in [5, 5.41) is 2.86. The van der Waals surface area contributed by atoms with Gasteiger partial charge < -0.3 is 10.1 Å². The highest BCUT2D eigenvalue weighted by Gasteiger charge is 2.21. The Labute approximate surface area is 167 Å². The molecular formula is C21H28N2O4S. The fourth-order valence-corrected chi connectivity index (χ4v) is 4.30. The predicted molar refractivity (Wildman–Crippen MR) is 109 cm³/mol. The molecule has 6 nitrogen and oxygen atoms in total. The molecule has 2 aromatic rings. The summed E-state index contributed by atoms with van der Waals surface area (Å²) in [7, 11) is -3.48. The van der Waals surface area contributed by atoms with Gasteiger partial charge in [0.2, 0.25) is 15.9 Å². The average molecular weight is 405 g/mol. The molecule has 7 heteroatoms. The van der Waals surface area contributed by atoms with Gasteiger partial charge in [0.15, 0.2) is 0 Å². The number of ether oxygens (including phenoxy) is 1. The zero-order valence-electron chi connectivity index (χ0n) is 16.6. The summed E-state index contributed by atoms with van der Waals surface area (Å²) in [6, 6.07) is 16.0. The number of benzene rings is 2. The molecule has 0 aliphatic carbocycles.